The van der Waals surface area contributed by atoms with E-state index < -0.39 is 0 Å². The highest BCUT2D eigenvalue weighted by atomic mass is 35.5. The van der Waals surface area contributed by atoms with Crippen LogP contribution in [-0.4, -0.2) is 56.0 Å². The van der Waals surface area contributed by atoms with E-state index in [9.17, 15) is 9.59 Å². The van der Waals surface area contributed by atoms with E-state index in [0.29, 0.717) is 23.9 Å². The van der Waals surface area contributed by atoms with Crippen molar-refractivity contribution in [1.29, 1.82) is 0 Å². The minimum absolute atomic E-state index is 0.202. The number of nitrogens with zero attached hydrogens (tertiary/aromatic N) is 2. The first-order chi connectivity index (χ1) is 14.3. The number of benzene rings is 1. The highest BCUT2D eigenvalue weighted by molar-refractivity contribution is 6.32. The number of carbonyl (C=O) groups is 2. The van der Waals surface area contributed by atoms with Gasteiger partial charge in [0.05, 0.1) is 5.92 Å². The highest BCUT2D eigenvalue weighted by Crippen LogP contribution is 2.33. The Labute approximate surface area is 185 Å². The molecule has 30 heavy (non-hydrogen) atoms. The predicted molar refractivity (Wildman–Crippen MR) is 122 cm³/mol. The van der Waals surface area contributed by atoms with Gasteiger partial charge >= 0.3 is 0 Å². The third-order valence-electron chi connectivity index (χ3n) is 6.53. The number of anilines is 1. The lowest BCUT2D eigenvalue weighted by Crippen LogP contribution is -2.44. The van der Waals surface area contributed by atoms with Gasteiger partial charge in [-0.3, -0.25) is 14.9 Å². The smallest absolute Gasteiger partial charge is 0.234 e. The normalized spacial score (nSPS) is 27.9. The molecular weight excluding hydrogens is 400 g/mol. The van der Waals surface area contributed by atoms with Crippen LogP contribution < -0.4 is 16.0 Å². The fourth-order valence-electron chi connectivity index (χ4n) is 4.34. The summed E-state index contributed by atoms with van der Waals surface area (Å²) in [5, 5.41) is 2.99. The van der Waals surface area contributed by atoms with Gasteiger partial charge in [-0.15, -0.1) is 0 Å². The fraction of sp³-hybridized carbons (Fsp3) is 0.652. The van der Waals surface area contributed by atoms with Crippen molar-refractivity contribution in [3.8, 4) is 0 Å². The summed E-state index contributed by atoms with van der Waals surface area (Å²) in [5.41, 5.74) is 7.60. The van der Waals surface area contributed by atoms with E-state index in [1.54, 1.807) is 0 Å². The number of halogens is 1. The van der Waals surface area contributed by atoms with Crippen LogP contribution in [0.15, 0.2) is 18.2 Å². The molecule has 0 bridgehead atoms. The summed E-state index contributed by atoms with van der Waals surface area (Å²) < 4.78 is 0. The molecule has 2 saturated heterocycles. The molecule has 1 aliphatic carbocycles. The molecule has 3 fully saturated rings. The van der Waals surface area contributed by atoms with Gasteiger partial charge in [0.1, 0.15) is 0 Å². The number of carbonyl (C=O) groups excluding carboxylic acids is 2. The molecular formula is C23H35ClN4O2. The molecule has 1 atom stereocenters. The Bertz CT molecular complexity index is 731. The second-order valence-corrected chi connectivity index (χ2v) is 9.43. The van der Waals surface area contributed by atoms with E-state index in [-0.39, 0.29) is 17.7 Å². The fourth-order valence-corrected chi connectivity index (χ4v) is 4.64. The minimum Gasteiger partial charge on any atom is -0.369 e. The van der Waals surface area contributed by atoms with Crippen molar-refractivity contribution in [3.05, 3.63) is 28.8 Å². The van der Waals surface area contributed by atoms with Gasteiger partial charge in [-0.2, -0.15) is 0 Å². The lowest BCUT2D eigenvalue weighted by molar-refractivity contribution is -0.134. The number of imide groups is 1. The van der Waals surface area contributed by atoms with Crippen molar-refractivity contribution in [2.24, 2.45) is 11.7 Å². The summed E-state index contributed by atoms with van der Waals surface area (Å²) >= 11 is 6.41. The Morgan fingerprint density at radius 1 is 1.03 bits per heavy atom. The molecule has 1 saturated carbocycles. The number of likely N-dealkylation sites (N-methyl/N-ethyl adjacent to an activating group) is 1. The Morgan fingerprint density at radius 3 is 2.27 bits per heavy atom. The molecule has 7 heteroatoms. The molecule has 0 radical (unpaired) electrons. The first kappa shape index (κ1) is 23.0. The molecule has 1 unspecified atom stereocenters. The van der Waals surface area contributed by atoms with Gasteiger partial charge < -0.3 is 15.5 Å². The van der Waals surface area contributed by atoms with Crippen LogP contribution in [0.5, 0.6) is 0 Å². The number of amides is 2. The van der Waals surface area contributed by atoms with Gasteiger partial charge in [0, 0.05) is 49.4 Å². The molecule has 0 spiro atoms. The van der Waals surface area contributed by atoms with Gasteiger partial charge in [0.15, 0.2) is 0 Å². The molecule has 2 heterocycles. The molecule has 6 nitrogen and oxygen atoms in total. The van der Waals surface area contributed by atoms with Crippen molar-refractivity contribution in [3.63, 3.8) is 0 Å². The first-order valence-electron chi connectivity index (χ1n) is 11.2. The Balaban J connectivity index is 0.000000269. The third-order valence-corrected chi connectivity index (χ3v) is 6.85. The first-order valence-corrected chi connectivity index (χ1v) is 11.5. The van der Waals surface area contributed by atoms with Crippen molar-refractivity contribution >= 4 is 29.1 Å². The highest BCUT2D eigenvalue weighted by Gasteiger charge is 2.29. The average Bonchev–Trinajstić information content (AvgIpc) is 2.72. The minimum atomic E-state index is -0.327. The Hall–Kier alpha value is -1.63. The Kier molecular flexibility index (Phi) is 8.14. The van der Waals surface area contributed by atoms with Gasteiger partial charge in [-0.05, 0) is 62.8 Å². The molecule has 0 aromatic heterocycles. The molecule has 3 N–H and O–H groups in total. The average molecular weight is 435 g/mol. The number of hydrogen-bond donors (Lipinski definition) is 2. The van der Waals surface area contributed by atoms with E-state index in [4.69, 9.17) is 17.3 Å². The summed E-state index contributed by atoms with van der Waals surface area (Å²) in [6.07, 6.45) is 6.09. The zero-order chi connectivity index (χ0) is 21.7. The van der Waals surface area contributed by atoms with E-state index in [1.165, 1.54) is 25.7 Å². The predicted octanol–water partition coefficient (Wildman–Crippen LogP) is 3.14. The largest absolute Gasteiger partial charge is 0.369 e. The van der Waals surface area contributed by atoms with Crippen LogP contribution in [0.1, 0.15) is 56.9 Å². The standard InChI is InChI=1S/C16H20ClN3O2.C7H15N/c1-19-6-8-20(9-7-19)11-2-3-12(14(17)10-11)13-4-5-15(21)18-16(13)22;1-6-2-4-7(8)5-3-6/h2-3,10,13H,4-9H2,1H3,(H,18,21,22);6-7H,2-5,8H2,1H3. The van der Waals surface area contributed by atoms with Crippen LogP contribution >= 0.6 is 11.6 Å². The second kappa shape index (κ2) is 10.6. The maximum absolute atomic E-state index is 12.0. The van der Waals surface area contributed by atoms with Crippen molar-refractivity contribution in [1.82, 2.24) is 10.2 Å². The molecule has 2 aliphatic heterocycles. The summed E-state index contributed by atoms with van der Waals surface area (Å²) in [7, 11) is 2.12. The van der Waals surface area contributed by atoms with Crippen molar-refractivity contribution in [2.45, 2.75) is 57.4 Å². The van der Waals surface area contributed by atoms with E-state index in [1.807, 2.05) is 18.2 Å². The van der Waals surface area contributed by atoms with Crippen LogP contribution in [0.4, 0.5) is 5.69 Å². The monoisotopic (exact) mass is 434 g/mol. The molecule has 4 rings (SSSR count). The van der Waals surface area contributed by atoms with E-state index in [2.05, 4.69) is 29.1 Å². The molecule has 3 aliphatic rings. The summed E-state index contributed by atoms with van der Waals surface area (Å²) in [5.74, 6) is 0.165. The third kappa shape index (κ3) is 6.19. The number of rotatable bonds is 2. The quantitative estimate of drug-likeness (QED) is 0.699. The summed E-state index contributed by atoms with van der Waals surface area (Å²) in [4.78, 5) is 27.8. The number of piperidine rings is 1. The van der Waals surface area contributed by atoms with Crippen LogP contribution in [0, 0.1) is 5.92 Å². The SMILES string of the molecule is CC1CCC(N)CC1.CN1CCN(c2ccc(C3CCC(=O)NC3=O)c(Cl)c2)CC1. The van der Waals surface area contributed by atoms with Gasteiger partial charge in [0.2, 0.25) is 11.8 Å². The van der Waals surface area contributed by atoms with E-state index >= 15 is 0 Å². The number of nitrogens with one attached hydrogen (secondary N) is 1. The zero-order valence-electron chi connectivity index (χ0n) is 18.2. The van der Waals surface area contributed by atoms with Gasteiger partial charge in [-0.1, -0.05) is 24.6 Å². The van der Waals surface area contributed by atoms with Crippen LogP contribution in [-0.2, 0) is 9.59 Å². The molecule has 166 valence electrons. The van der Waals surface area contributed by atoms with E-state index in [0.717, 1.165) is 43.3 Å². The van der Waals surface area contributed by atoms with Gasteiger partial charge in [-0.25, -0.2) is 0 Å². The number of nitrogens with two attached hydrogens (primary N) is 1. The summed E-state index contributed by atoms with van der Waals surface area (Å²) in [6.45, 7) is 6.33. The number of piperazine rings is 1. The lowest BCUT2D eigenvalue weighted by Gasteiger charge is -2.34. The maximum Gasteiger partial charge on any atom is 0.234 e. The topological polar surface area (TPSA) is 78.7 Å². The molecule has 1 aromatic rings. The maximum atomic E-state index is 12.0. The Morgan fingerprint density at radius 2 is 1.70 bits per heavy atom. The van der Waals surface area contributed by atoms with Crippen LogP contribution in [0.25, 0.3) is 0 Å². The number of hydrogen-bond acceptors (Lipinski definition) is 5. The van der Waals surface area contributed by atoms with Crippen LogP contribution in [0.2, 0.25) is 5.02 Å². The second-order valence-electron chi connectivity index (χ2n) is 9.02. The van der Waals surface area contributed by atoms with Gasteiger partial charge in [0.25, 0.3) is 0 Å². The lowest BCUT2D eigenvalue weighted by atomic mass is 9.88. The van der Waals surface area contributed by atoms with Crippen molar-refractivity contribution in [2.75, 3.05) is 38.1 Å². The van der Waals surface area contributed by atoms with Crippen molar-refractivity contribution < 1.29 is 9.59 Å². The zero-order valence-corrected chi connectivity index (χ0v) is 19.0. The summed E-state index contributed by atoms with van der Waals surface area (Å²) in [6, 6.07) is 6.41. The molecule has 2 amide bonds. The molecule has 1 aromatic carbocycles. The van der Waals surface area contributed by atoms with Crippen LogP contribution in [0.3, 0.4) is 0 Å².